The van der Waals surface area contributed by atoms with Gasteiger partial charge in [0.2, 0.25) is 0 Å². The van der Waals surface area contributed by atoms with Crippen LogP contribution in [-0.2, 0) is 18.3 Å². The molecule has 0 radical (unpaired) electrons. The van der Waals surface area contributed by atoms with Crippen LogP contribution in [0.1, 0.15) is 80.9 Å². The summed E-state index contributed by atoms with van der Waals surface area (Å²) in [6, 6.07) is 13.4. The Bertz CT molecular complexity index is 945. The largest absolute Gasteiger partial charge is 0.361 e. The first-order valence-corrected chi connectivity index (χ1v) is 13.4. The first-order valence-electron chi connectivity index (χ1n) is 13.4. The van der Waals surface area contributed by atoms with E-state index in [0.717, 1.165) is 18.3 Å². The maximum Gasteiger partial charge on any atom is 0.269 e. The summed E-state index contributed by atoms with van der Waals surface area (Å²) >= 11 is 0. The van der Waals surface area contributed by atoms with E-state index in [4.69, 9.17) is 6.57 Å². The van der Waals surface area contributed by atoms with Gasteiger partial charge in [-0.1, -0.05) is 49.7 Å². The summed E-state index contributed by atoms with van der Waals surface area (Å²) in [5.41, 5.74) is 5.13. The molecule has 2 aliphatic carbocycles. The summed E-state index contributed by atoms with van der Waals surface area (Å²) in [7, 11) is 0. The minimum Gasteiger partial charge on any atom is -0.361 e. The SMILES string of the molecule is [C-]#[N+]c1ccc(CCCCN2CCC(C3(C4CCCC4)CCCc4ccccc43)CC2)cn1. The lowest BCUT2D eigenvalue weighted by atomic mass is 9.54. The average molecular weight is 442 g/mol. The summed E-state index contributed by atoms with van der Waals surface area (Å²) in [6.45, 7) is 10.8. The van der Waals surface area contributed by atoms with Gasteiger partial charge in [0.15, 0.2) is 0 Å². The van der Waals surface area contributed by atoms with Crippen molar-refractivity contribution in [3.63, 3.8) is 0 Å². The Balaban J connectivity index is 1.17. The fraction of sp³-hybridized carbons (Fsp3) is 0.600. The average Bonchev–Trinajstić information content (AvgIpc) is 3.43. The molecule has 1 unspecified atom stereocenters. The number of rotatable bonds is 7. The Morgan fingerprint density at radius 1 is 0.939 bits per heavy atom. The monoisotopic (exact) mass is 441 g/mol. The molecular weight excluding hydrogens is 402 g/mol. The van der Waals surface area contributed by atoms with Crippen molar-refractivity contribution in [2.45, 2.75) is 82.5 Å². The van der Waals surface area contributed by atoms with Crippen LogP contribution in [0.4, 0.5) is 5.82 Å². The highest BCUT2D eigenvalue weighted by Gasteiger charge is 2.49. The molecular formula is C30H39N3. The normalized spacial score (nSPS) is 24.5. The van der Waals surface area contributed by atoms with E-state index in [2.05, 4.69) is 45.1 Å². The molecule has 1 aliphatic heterocycles. The van der Waals surface area contributed by atoms with Crippen LogP contribution in [0.25, 0.3) is 4.85 Å². The molecule has 3 heteroatoms. The molecule has 1 aromatic carbocycles. The molecule has 2 heterocycles. The van der Waals surface area contributed by atoms with E-state index in [9.17, 15) is 0 Å². The molecule has 0 bridgehead atoms. The maximum absolute atomic E-state index is 7.03. The predicted molar refractivity (Wildman–Crippen MR) is 136 cm³/mol. The molecule has 2 aromatic rings. The van der Waals surface area contributed by atoms with Crippen LogP contribution in [0.3, 0.4) is 0 Å². The number of aryl methyl sites for hydroxylation is 2. The number of fused-ring (bicyclic) bond motifs is 1. The van der Waals surface area contributed by atoms with Crippen molar-refractivity contribution in [1.29, 1.82) is 0 Å². The van der Waals surface area contributed by atoms with E-state index in [1.807, 2.05) is 12.3 Å². The standard InChI is InChI=1S/C30H39N3/c1-31-29-16-15-24(23-32-29)9-6-7-20-33-21-17-27(18-22-33)30(26-12-3-4-13-26)19-8-11-25-10-2-5-14-28(25)30/h2,5,10,14-16,23,26-27H,3-4,6-9,11-13,17-22H2. The highest BCUT2D eigenvalue weighted by molar-refractivity contribution is 5.39. The summed E-state index contributed by atoms with van der Waals surface area (Å²) in [5.74, 6) is 2.28. The highest BCUT2D eigenvalue weighted by Crippen LogP contribution is 2.55. The van der Waals surface area contributed by atoms with Gasteiger partial charge in [-0.3, -0.25) is 0 Å². The molecule has 1 saturated heterocycles. The van der Waals surface area contributed by atoms with Gasteiger partial charge in [-0.05, 0) is 118 Å². The van der Waals surface area contributed by atoms with Gasteiger partial charge in [-0.25, -0.2) is 0 Å². The molecule has 5 rings (SSSR count). The minimum atomic E-state index is 0.460. The van der Waals surface area contributed by atoms with E-state index < -0.39 is 0 Å². The van der Waals surface area contributed by atoms with Crippen LogP contribution in [0.15, 0.2) is 42.6 Å². The molecule has 0 N–H and O–H groups in total. The molecule has 1 atom stereocenters. The third kappa shape index (κ3) is 4.73. The molecule has 3 nitrogen and oxygen atoms in total. The summed E-state index contributed by atoms with van der Waals surface area (Å²) in [5, 5.41) is 0. The van der Waals surface area contributed by atoms with Crippen LogP contribution in [-0.4, -0.2) is 29.5 Å². The second-order valence-electron chi connectivity index (χ2n) is 10.7. The predicted octanol–water partition coefficient (Wildman–Crippen LogP) is 7.13. The van der Waals surface area contributed by atoms with Crippen molar-refractivity contribution in [3.05, 3.63) is 70.7 Å². The molecule has 0 amide bonds. The molecule has 1 saturated carbocycles. The second-order valence-corrected chi connectivity index (χ2v) is 10.7. The summed E-state index contributed by atoms with van der Waals surface area (Å²) in [4.78, 5) is 10.3. The lowest BCUT2D eigenvalue weighted by Crippen LogP contribution is -2.49. The molecule has 33 heavy (non-hydrogen) atoms. The smallest absolute Gasteiger partial charge is 0.269 e. The number of pyridine rings is 1. The van der Waals surface area contributed by atoms with Gasteiger partial charge in [0.05, 0.1) is 0 Å². The summed E-state index contributed by atoms with van der Waals surface area (Å²) in [6.07, 6.45) is 18.1. The first kappa shape index (κ1) is 22.6. The number of likely N-dealkylation sites (tertiary alicyclic amines) is 1. The number of hydrogen-bond acceptors (Lipinski definition) is 2. The van der Waals surface area contributed by atoms with Gasteiger partial charge in [0, 0.05) is 5.41 Å². The minimum absolute atomic E-state index is 0.460. The number of unbranched alkanes of at least 4 members (excludes halogenated alkanes) is 1. The van der Waals surface area contributed by atoms with E-state index in [1.165, 1.54) is 95.8 Å². The van der Waals surface area contributed by atoms with Crippen molar-refractivity contribution in [2.75, 3.05) is 19.6 Å². The van der Waals surface area contributed by atoms with Gasteiger partial charge in [-0.2, -0.15) is 0 Å². The molecule has 2 fully saturated rings. The Morgan fingerprint density at radius 2 is 1.73 bits per heavy atom. The Kier molecular flexibility index (Phi) is 7.12. The van der Waals surface area contributed by atoms with Crippen molar-refractivity contribution in [2.24, 2.45) is 11.8 Å². The van der Waals surface area contributed by atoms with E-state index in [1.54, 1.807) is 11.1 Å². The lowest BCUT2D eigenvalue weighted by molar-refractivity contribution is 0.0726. The van der Waals surface area contributed by atoms with Gasteiger partial charge in [0.25, 0.3) is 5.82 Å². The number of hydrogen-bond donors (Lipinski definition) is 0. The number of nitrogens with zero attached hydrogens (tertiary/aromatic N) is 3. The maximum atomic E-state index is 7.03. The Labute approximate surface area is 200 Å². The van der Waals surface area contributed by atoms with Crippen LogP contribution in [0.2, 0.25) is 0 Å². The van der Waals surface area contributed by atoms with Crippen LogP contribution >= 0.6 is 0 Å². The van der Waals surface area contributed by atoms with Crippen LogP contribution in [0, 0.1) is 18.4 Å². The van der Waals surface area contributed by atoms with Crippen molar-refractivity contribution in [3.8, 4) is 0 Å². The van der Waals surface area contributed by atoms with Crippen molar-refractivity contribution >= 4 is 5.82 Å². The van der Waals surface area contributed by atoms with Gasteiger partial charge < -0.3 is 9.74 Å². The number of benzene rings is 1. The van der Waals surface area contributed by atoms with Gasteiger partial charge >= 0.3 is 0 Å². The van der Waals surface area contributed by atoms with Crippen molar-refractivity contribution in [1.82, 2.24) is 9.88 Å². The third-order valence-corrected chi connectivity index (χ3v) is 9.07. The third-order valence-electron chi connectivity index (χ3n) is 9.07. The zero-order valence-corrected chi connectivity index (χ0v) is 20.1. The van der Waals surface area contributed by atoms with E-state index in [0.29, 0.717) is 11.2 Å². The molecule has 0 spiro atoms. The molecule has 1 aromatic heterocycles. The topological polar surface area (TPSA) is 20.5 Å². The zero-order valence-electron chi connectivity index (χ0n) is 20.1. The first-order chi connectivity index (χ1) is 16.3. The number of piperidine rings is 1. The fourth-order valence-corrected chi connectivity index (χ4v) is 7.49. The molecule has 174 valence electrons. The second kappa shape index (κ2) is 10.4. The van der Waals surface area contributed by atoms with E-state index in [-0.39, 0.29) is 0 Å². The van der Waals surface area contributed by atoms with Crippen LogP contribution in [0.5, 0.6) is 0 Å². The number of aromatic nitrogens is 1. The highest BCUT2D eigenvalue weighted by atomic mass is 15.1. The molecule has 3 aliphatic rings. The van der Waals surface area contributed by atoms with Crippen LogP contribution < -0.4 is 0 Å². The lowest BCUT2D eigenvalue weighted by Gasteiger charge is -2.52. The Hall–Kier alpha value is -2.18. The summed E-state index contributed by atoms with van der Waals surface area (Å²) < 4.78 is 0. The van der Waals surface area contributed by atoms with Crippen molar-refractivity contribution < 1.29 is 0 Å². The van der Waals surface area contributed by atoms with Gasteiger partial charge in [0.1, 0.15) is 6.20 Å². The quantitative estimate of drug-likeness (QED) is 0.336. The van der Waals surface area contributed by atoms with E-state index >= 15 is 0 Å². The van der Waals surface area contributed by atoms with Gasteiger partial charge in [-0.15, -0.1) is 4.98 Å². The fourth-order valence-electron chi connectivity index (χ4n) is 7.49. The Morgan fingerprint density at radius 3 is 2.48 bits per heavy atom. The zero-order chi connectivity index (χ0) is 22.5.